The van der Waals surface area contributed by atoms with Crippen LogP contribution in [0, 0.1) is 0 Å². The first-order valence-corrected chi connectivity index (χ1v) is 10.3. The summed E-state index contributed by atoms with van der Waals surface area (Å²) in [5, 5.41) is 0. The topological polar surface area (TPSA) is 59.0 Å². The second kappa shape index (κ2) is 9.73. The lowest BCUT2D eigenvalue weighted by Gasteiger charge is -2.28. The van der Waals surface area contributed by atoms with Gasteiger partial charge in [-0.15, -0.1) is 0 Å². The lowest BCUT2D eigenvalue weighted by molar-refractivity contribution is 0.0166. The Morgan fingerprint density at radius 3 is 2.35 bits per heavy atom. The average Bonchev–Trinajstić information content (AvgIpc) is 2.78. The van der Waals surface area contributed by atoms with Gasteiger partial charge in [-0.25, -0.2) is 18.7 Å². The number of aryl methyl sites for hydroxylation is 1. The third kappa shape index (κ3) is 5.48. The van der Waals surface area contributed by atoms with Gasteiger partial charge in [-0.2, -0.15) is 0 Å². The van der Waals surface area contributed by atoms with Crippen molar-refractivity contribution in [2.45, 2.75) is 45.6 Å². The van der Waals surface area contributed by atoms with E-state index in [0.717, 1.165) is 30.4 Å². The molecule has 2 aromatic heterocycles. The van der Waals surface area contributed by atoms with E-state index in [1.807, 2.05) is 56.3 Å². The van der Waals surface area contributed by atoms with Crippen LogP contribution < -0.4 is 0 Å². The Bertz CT molecular complexity index is 1000. The van der Waals surface area contributed by atoms with Gasteiger partial charge in [0.25, 0.3) is 11.8 Å². The molecule has 0 aliphatic heterocycles. The number of halogens is 2. The highest BCUT2D eigenvalue weighted by Crippen LogP contribution is 2.26. The van der Waals surface area contributed by atoms with Gasteiger partial charge in [0.2, 0.25) is 0 Å². The summed E-state index contributed by atoms with van der Waals surface area (Å²) in [4.78, 5) is 27.6. The van der Waals surface area contributed by atoms with Crippen LogP contribution in [0.3, 0.4) is 0 Å². The zero-order valence-corrected chi connectivity index (χ0v) is 17.9. The first kappa shape index (κ1) is 22.5. The fraction of sp³-hybridized carbons (Fsp3) is 0.333. The monoisotopic (exact) mass is 424 g/mol. The number of hydrogen-bond donors (Lipinski definition) is 0. The molecule has 3 rings (SSSR count). The number of benzene rings is 1. The van der Waals surface area contributed by atoms with E-state index >= 15 is 0 Å². The van der Waals surface area contributed by atoms with Crippen LogP contribution in [-0.4, -0.2) is 38.3 Å². The standard InChI is InChI=1S/C24H26F2N4O/c1-4-30(17(2)12-13-21-28-15-19(16-29-21)24(3,25)26)23(31)22-20(11-8-14-27-22)18-9-6-5-7-10-18/h5-11,14-17H,4,12-13H2,1-3H3/t17-/m0/s1. The molecule has 31 heavy (non-hydrogen) atoms. The molecular weight excluding hydrogens is 398 g/mol. The minimum Gasteiger partial charge on any atom is -0.335 e. The Morgan fingerprint density at radius 2 is 1.74 bits per heavy atom. The van der Waals surface area contributed by atoms with Crippen molar-refractivity contribution >= 4 is 5.91 Å². The number of amides is 1. The summed E-state index contributed by atoms with van der Waals surface area (Å²) in [6.45, 7) is 5.22. The highest BCUT2D eigenvalue weighted by atomic mass is 19.3. The molecule has 0 aliphatic carbocycles. The lowest BCUT2D eigenvalue weighted by Crippen LogP contribution is -2.39. The van der Waals surface area contributed by atoms with E-state index in [1.165, 1.54) is 0 Å². The molecule has 0 saturated carbocycles. The molecule has 0 fully saturated rings. The van der Waals surface area contributed by atoms with Gasteiger partial charge in [0.1, 0.15) is 11.5 Å². The zero-order valence-electron chi connectivity index (χ0n) is 17.9. The van der Waals surface area contributed by atoms with Crippen molar-refractivity contribution in [2.24, 2.45) is 0 Å². The van der Waals surface area contributed by atoms with Crippen LogP contribution in [0.15, 0.2) is 61.1 Å². The van der Waals surface area contributed by atoms with Gasteiger partial charge in [-0.1, -0.05) is 36.4 Å². The van der Waals surface area contributed by atoms with E-state index < -0.39 is 5.92 Å². The molecule has 3 aromatic rings. The predicted molar refractivity (Wildman–Crippen MR) is 116 cm³/mol. The van der Waals surface area contributed by atoms with Crippen molar-refractivity contribution in [3.63, 3.8) is 0 Å². The Labute approximate surface area is 181 Å². The van der Waals surface area contributed by atoms with Crippen molar-refractivity contribution in [3.05, 3.63) is 78.1 Å². The van der Waals surface area contributed by atoms with Gasteiger partial charge >= 0.3 is 0 Å². The smallest absolute Gasteiger partial charge is 0.273 e. The Balaban J connectivity index is 1.73. The molecule has 0 aliphatic rings. The van der Waals surface area contributed by atoms with Crippen molar-refractivity contribution in [2.75, 3.05) is 6.54 Å². The molecule has 0 N–H and O–H groups in total. The molecule has 1 atom stereocenters. The third-order valence-corrected chi connectivity index (χ3v) is 5.23. The van der Waals surface area contributed by atoms with Crippen molar-refractivity contribution < 1.29 is 13.6 Å². The van der Waals surface area contributed by atoms with Crippen molar-refractivity contribution in [1.82, 2.24) is 19.9 Å². The first-order valence-electron chi connectivity index (χ1n) is 10.3. The quantitative estimate of drug-likeness (QED) is 0.503. The maximum Gasteiger partial charge on any atom is 0.273 e. The summed E-state index contributed by atoms with van der Waals surface area (Å²) in [6, 6.07) is 13.3. The van der Waals surface area contributed by atoms with Gasteiger partial charge in [0.05, 0.1) is 5.56 Å². The van der Waals surface area contributed by atoms with E-state index in [-0.39, 0.29) is 17.5 Å². The van der Waals surface area contributed by atoms with E-state index in [9.17, 15) is 13.6 Å². The number of alkyl halides is 2. The normalized spacial score (nSPS) is 12.4. The Hall–Kier alpha value is -3.22. The molecule has 2 heterocycles. The fourth-order valence-electron chi connectivity index (χ4n) is 3.42. The number of hydrogen-bond acceptors (Lipinski definition) is 4. The molecule has 7 heteroatoms. The molecule has 0 unspecified atom stereocenters. The van der Waals surface area contributed by atoms with Crippen LogP contribution in [0.2, 0.25) is 0 Å². The highest BCUT2D eigenvalue weighted by molar-refractivity contribution is 5.99. The first-order chi connectivity index (χ1) is 14.8. The second-order valence-corrected chi connectivity index (χ2v) is 7.52. The molecule has 0 spiro atoms. The van der Waals surface area contributed by atoms with Gasteiger partial charge < -0.3 is 4.90 Å². The Morgan fingerprint density at radius 1 is 1.06 bits per heavy atom. The van der Waals surface area contributed by atoms with E-state index in [2.05, 4.69) is 15.0 Å². The van der Waals surface area contributed by atoms with Crippen LogP contribution in [-0.2, 0) is 12.3 Å². The van der Waals surface area contributed by atoms with Crippen LogP contribution in [0.1, 0.15) is 49.1 Å². The minimum absolute atomic E-state index is 0.0981. The summed E-state index contributed by atoms with van der Waals surface area (Å²) in [5.41, 5.74) is 1.92. The largest absolute Gasteiger partial charge is 0.335 e. The van der Waals surface area contributed by atoms with Gasteiger partial charge in [-0.05, 0) is 31.9 Å². The summed E-state index contributed by atoms with van der Waals surface area (Å²) in [7, 11) is 0. The van der Waals surface area contributed by atoms with Crippen LogP contribution in [0.4, 0.5) is 8.78 Å². The molecule has 5 nitrogen and oxygen atoms in total. The van der Waals surface area contributed by atoms with Gasteiger partial charge in [0.15, 0.2) is 0 Å². The number of carbonyl (C=O) groups excluding carboxylic acids is 1. The summed E-state index contributed by atoms with van der Waals surface area (Å²) >= 11 is 0. The summed E-state index contributed by atoms with van der Waals surface area (Å²) < 4.78 is 26.7. The summed E-state index contributed by atoms with van der Waals surface area (Å²) in [5.74, 6) is -2.63. The van der Waals surface area contributed by atoms with Gasteiger partial charge in [0, 0.05) is 50.1 Å². The van der Waals surface area contributed by atoms with E-state index in [1.54, 1.807) is 11.1 Å². The lowest BCUT2D eigenvalue weighted by atomic mass is 10.0. The second-order valence-electron chi connectivity index (χ2n) is 7.52. The van der Waals surface area contributed by atoms with Crippen molar-refractivity contribution in [3.8, 4) is 11.1 Å². The SMILES string of the molecule is CCN(C(=O)c1ncccc1-c1ccccc1)[C@@H](C)CCc1ncc(C(C)(F)F)cn1. The zero-order chi connectivity index (χ0) is 22.4. The number of pyridine rings is 1. The van der Waals surface area contributed by atoms with Crippen LogP contribution in [0.25, 0.3) is 11.1 Å². The molecule has 1 aromatic carbocycles. The highest BCUT2D eigenvalue weighted by Gasteiger charge is 2.26. The number of aromatic nitrogens is 3. The van der Waals surface area contributed by atoms with E-state index in [4.69, 9.17) is 0 Å². The predicted octanol–water partition coefficient (Wildman–Crippen LogP) is 5.13. The maximum absolute atomic E-state index is 13.3. The number of rotatable bonds is 8. The summed E-state index contributed by atoms with van der Waals surface area (Å²) in [6.07, 6.45) is 5.03. The third-order valence-electron chi connectivity index (χ3n) is 5.23. The molecule has 162 valence electrons. The van der Waals surface area contributed by atoms with Crippen LogP contribution in [0.5, 0.6) is 0 Å². The molecule has 1 amide bonds. The Kier molecular flexibility index (Phi) is 7.05. The molecule has 0 bridgehead atoms. The number of nitrogens with zero attached hydrogens (tertiary/aromatic N) is 4. The number of carbonyl (C=O) groups is 1. The fourth-order valence-corrected chi connectivity index (χ4v) is 3.42. The minimum atomic E-state index is -2.96. The molecule has 0 radical (unpaired) electrons. The van der Waals surface area contributed by atoms with Crippen molar-refractivity contribution in [1.29, 1.82) is 0 Å². The van der Waals surface area contributed by atoms with Crippen LogP contribution >= 0.6 is 0 Å². The maximum atomic E-state index is 13.3. The molecule has 0 saturated heterocycles. The van der Waals surface area contributed by atoms with E-state index in [0.29, 0.717) is 30.9 Å². The molecular formula is C24H26F2N4O. The average molecular weight is 424 g/mol. The van der Waals surface area contributed by atoms with Gasteiger partial charge in [-0.3, -0.25) is 9.78 Å².